The average Bonchev–Trinajstić information content (AvgIpc) is 2.75. The van der Waals surface area contributed by atoms with Crippen molar-refractivity contribution in [2.75, 3.05) is 13.1 Å². The Labute approximate surface area is 164 Å². The number of pyridine rings is 1. The summed E-state index contributed by atoms with van der Waals surface area (Å²) in [5.41, 5.74) is 3.81. The SMILES string of the molecule is O=C(N[C@H]1CCCN(Cc2cccnc2)C1)c1ccc(-c2cncnc2)cc1. The molecule has 6 heteroatoms. The van der Waals surface area contributed by atoms with Crippen LogP contribution in [0.2, 0.25) is 0 Å². The van der Waals surface area contributed by atoms with Gasteiger partial charge in [0.25, 0.3) is 5.91 Å². The largest absolute Gasteiger partial charge is 0.348 e. The number of nitrogens with zero attached hydrogens (tertiary/aromatic N) is 4. The van der Waals surface area contributed by atoms with E-state index >= 15 is 0 Å². The number of carbonyl (C=O) groups excluding carboxylic acids is 1. The first kappa shape index (κ1) is 18.3. The first-order chi connectivity index (χ1) is 13.8. The summed E-state index contributed by atoms with van der Waals surface area (Å²) in [7, 11) is 0. The lowest BCUT2D eigenvalue weighted by atomic mass is 10.0. The van der Waals surface area contributed by atoms with Gasteiger partial charge in [0.1, 0.15) is 6.33 Å². The van der Waals surface area contributed by atoms with Gasteiger partial charge in [0.15, 0.2) is 0 Å². The predicted octanol–water partition coefficient (Wildman–Crippen LogP) is 2.93. The number of benzene rings is 1. The maximum absolute atomic E-state index is 12.7. The second-order valence-electron chi connectivity index (χ2n) is 7.11. The van der Waals surface area contributed by atoms with E-state index in [1.54, 1.807) is 18.6 Å². The summed E-state index contributed by atoms with van der Waals surface area (Å²) in [5, 5.41) is 3.19. The Balaban J connectivity index is 1.35. The number of amides is 1. The maximum atomic E-state index is 12.7. The molecule has 2 aromatic heterocycles. The van der Waals surface area contributed by atoms with Crippen LogP contribution in [0.15, 0.2) is 67.5 Å². The zero-order valence-corrected chi connectivity index (χ0v) is 15.7. The maximum Gasteiger partial charge on any atom is 0.251 e. The molecule has 4 rings (SSSR count). The van der Waals surface area contributed by atoms with Crippen molar-refractivity contribution in [1.29, 1.82) is 0 Å². The number of likely N-dealkylation sites (tertiary alicyclic amines) is 1. The van der Waals surface area contributed by atoms with Crippen LogP contribution in [-0.4, -0.2) is 44.9 Å². The van der Waals surface area contributed by atoms with Crippen LogP contribution in [0.25, 0.3) is 11.1 Å². The quantitative estimate of drug-likeness (QED) is 0.745. The van der Waals surface area contributed by atoms with Crippen molar-refractivity contribution in [3.8, 4) is 11.1 Å². The van der Waals surface area contributed by atoms with E-state index in [4.69, 9.17) is 0 Å². The number of rotatable bonds is 5. The van der Waals surface area contributed by atoms with E-state index in [0.29, 0.717) is 5.56 Å². The summed E-state index contributed by atoms with van der Waals surface area (Å²) < 4.78 is 0. The molecule has 1 atom stereocenters. The molecule has 1 fully saturated rings. The zero-order valence-electron chi connectivity index (χ0n) is 15.7. The first-order valence-electron chi connectivity index (χ1n) is 9.55. The third kappa shape index (κ3) is 4.58. The summed E-state index contributed by atoms with van der Waals surface area (Å²) in [5.74, 6) is -0.0240. The molecular weight excluding hydrogens is 350 g/mol. The summed E-state index contributed by atoms with van der Waals surface area (Å²) in [6, 6.07) is 11.8. The van der Waals surface area contributed by atoms with Crippen molar-refractivity contribution in [2.24, 2.45) is 0 Å². The van der Waals surface area contributed by atoms with E-state index < -0.39 is 0 Å². The van der Waals surface area contributed by atoms with Crippen LogP contribution in [0.1, 0.15) is 28.8 Å². The van der Waals surface area contributed by atoms with Crippen LogP contribution in [0, 0.1) is 0 Å². The van der Waals surface area contributed by atoms with Crippen LogP contribution >= 0.6 is 0 Å². The second-order valence-corrected chi connectivity index (χ2v) is 7.11. The zero-order chi connectivity index (χ0) is 19.2. The molecule has 0 unspecified atom stereocenters. The molecule has 142 valence electrons. The summed E-state index contributed by atoms with van der Waals surface area (Å²) in [4.78, 5) is 27.3. The van der Waals surface area contributed by atoms with Crippen LogP contribution in [0.3, 0.4) is 0 Å². The van der Waals surface area contributed by atoms with Crippen LogP contribution in [0.5, 0.6) is 0 Å². The van der Waals surface area contributed by atoms with Gasteiger partial charge in [-0.1, -0.05) is 18.2 Å². The first-order valence-corrected chi connectivity index (χ1v) is 9.55. The molecular formula is C22H23N5O. The van der Waals surface area contributed by atoms with Gasteiger partial charge >= 0.3 is 0 Å². The number of carbonyl (C=O) groups is 1. The lowest BCUT2D eigenvalue weighted by Crippen LogP contribution is -2.47. The monoisotopic (exact) mass is 373 g/mol. The minimum atomic E-state index is -0.0240. The average molecular weight is 373 g/mol. The normalized spacial score (nSPS) is 17.2. The Kier molecular flexibility index (Phi) is 5.68. The third-order valence-corrected chi connectivity index (χ3v) is 5.01. The summed E-state index contributed by atoms with van der Waals surface area (Å²) in [6.07, 6.45) is 10.8. The van der Waals surface area contributed by atoms with Crippen molar-refractivity contribution in [3.05, 3.63) is 78.6 Å². The number of nitrogens with one attached hydrogen (secondary N) is 1. The van der Waals surface area contributed by atoms with E-state index in [-0.39, 0.29) is 11.9 Å². The highest BCUT2D eigenvalue weighted by molar-refractivity contribution is 5.94. The molecule has 1 aromatic carbocycles. The lowest BCUT2D eigenvalue weighted by Gasteiger charge is -2.33. The van der Waals surface area contributed by atoms with Gasteiger partial charge in [-0.25, -0.2) is 9.97 Å². The highest BCUT2D eigenvalue weighted by atomic mass is 16.1. The molecule has 6 nitrogen and oxygen atoms in total. The van der Waals surface area contributed by atoms with Gasteiger partial charge in [0.05, 0.1) is 0 Å². The van der Waals surface area contributed by atoms with Gasteiger partial charge in [-0.3, -0.25) is 14.7 Å². The van der Waals surface area contributed by atoms with E-state index in [0.717, 1.165) is 43.6 Å². The minimum absolute atomic E-state index is 0.0240. The van der Waals surface area contributed by atoms with Crippen LogP contribution in [0.4, 0.5) is 0 Å². The fourth-order valence-electron chi connectivity index (χ4n) is 3.60. The Bertz CT molecular complexity index is 899. The molecule has 3 aromatic rings. The molecule has 1 saturated heterocycles. The molecule has 1 aliphatic rings. The highest BCUT2D eigenvalue weighted by Gasteiger charge is 2.22. The number of piperidine rings is 1. The van der Waals surface area contributed by atoms with E-state index in [2.05, 4.69) is 31.2 Å². The van der Waals surface area contributed by atoms with Crippen LogP contribution in [-0.2, 0) is 6.54 Å². The van der Waals surface area contributed by atoms with E-state index in [1.165, 1.54) is 11.9 Å². The Morgan fingerprint density at radius 1 is 1.04 bits per heavy atom. The second kappa shape index (κ2) is 8.71. The van der Waals surface area contributed by atoms with Crippen molar-refractivity contribution < 1.29 is 4.79 Å². The fourth-order valence-corrected chi connectivity index (χ4v) is 3.60. The molecule has 1 aliphatic heterocycles. The molecule has 3 heterocycles. The number of aromatic nitrogens is 3. The summed E-state index contributed by atoms with van der Waals surface area (Å²) in [6.45, 7) is 2.78. The molecule has 0 radical (unpaired) electrons. The third-order valence-electron chi connectivity index (χ3n) is 5.01. The Morgan fingerprint density at radius 2 is 1.86 bits per heavy atom. The molecule has 0 aliphatic carbocycles. The number of hydrogen-bond acceptors (Lipinski definition) is 5. The smallest absolute Gasteiger partial charge is 0.251 e. The standard InChI is InChI=1S/C22H23N5O/c28-22(19-7-5-18(6-8-19)20-12-24-16-25-13-20)26-21-4-2-10-27(15-21)14-17-3-1-9-23-11-17/h1,3,5-9,11-13,16,21H,2,4,10,14-15H2,(H,26,28)/t21-/m0/s1. The molecule has 1 N–H and O–H groups in total. The minimum Gasteiger partial charge on any atom is -0.348 e. The predicted molar refractivity (Wildman–Crippen MR) is 107 cm³/mol. The van der Waals surface area contributed by atoms with Gasteiger partial charge < -0.3 is 5.32 Å². The molecule has 0 spiro atoms. The molecule has 0 bridgehead atoms. The van der Waals surface area contributed by atoms with Gasteiger partial charge in [0, 0.05) is 55.0 Å². The van der Waals surface area contributed by atoms with Crippen molar-refractivity contribution in [3.63, 3.8) is 0 Å². The van der Waals surface area contributed by atoms with Gasteiger partial charge in [-0.05, 0) is 48.7 Å². The molecule has 1 amide bonds. The van der Waals surface area contributed by atoms with Gasteiger partial charge in [-0.2, -0.15) is 0 Å². The van der Waals surface area contributed by atoms with Crippen molar-refractivity contribution in [1.82, 2.24) is 25.2 Å². The highest BCUT2D eigenvalue weighted by Crippen LogP contribution is 2.18. The van der Waals surface area contributed by atoms with E-state index in [9.17, 15) is 4.79 Å². The fraction of sp³-hybridized carbons (Fsp3) is 0.273. The van der Waals surface area contributed by atoms with Crippen molar-refractivity contribution in [2.45, 2.75) is 25.4 Å². The Morgan fingerprint density at radius 3 is 2.61 bits per heavy atom. The van der Waals surface area contributed by atoms with Crippen molar-refractivity contribution >= 4 is 5.91 Å². The topological polar surface area (TPSA) is 71.0 Å². The van der Waals surface area contributed by atoms with E-state index in [1.807, 2.05) is 36.5 Å². The van der Waals surface area contributed by atoms with Gasteiger partial charge in [-0.15, -0.1) is 0 Å². The molecule has 28 heavy (non-hydrogen) atoms. The summed E-state index contributed by atoms with van der Waals surface area (Å²) >= 11 is 0. The molecule has 0 saturated carbocycles. The lowest BCUT2D eigenvalue weighted by molar-refractivity contribution is 0.0901. The van der Waals surface area contributed by atoms with Crippen LogP contribution < -0.4 is 5.32 Å². The Hall–Kier alpha value is -3.12. The van der Waals surface area contributed by atoms with Gasteiger partial charge in [0.2, 0.25) is 0 Å². The number of hydrogen-bond donors (Lipinski definition) is 1.